The van der Waals surface area contributed by atoms with Gasteiger partial charge in [0.05, 0.1) is 0 Å². The maximum absolute atomic E-state index is 13.2. The van der Waals surface area contributed by atoms with E-state index in [-0.39, 0.29) is 36.2 Å². The Bertz CT molecular complexity index is 832. The molecule has 0 aromatic carbocycles. The largest absolute Gasteiger partial charge is 0.433 e. The predicted octanol–water partition coefficient (Wildman–Crippen LogP) is 2.20. The van der Waals surface area contributed by atoms with Crippen LogP contribution in [0.1, 0.15) is 37.1 Å². The number of halogens is 5. The van der Waals surface area contributed by atoms with Gasteiger partial charge in [-0.05, 0) is 30.4 Å². The topological polar surface area (TPSA) is 102 Å². The van der Waals surface area contributed by atoms with Gasteiger partial charge in [-0.25, -0.2) is 23.7 Å². The van der Waals surface area contributed by atoms with Gasteiger partial charge in [-0.15, -0.1) is 0 Å². The van der Waals surface area contributed by atoms with Gasteiger partial charge in [0.25, 0.3) is 0 Å². The summed E-state index contributed by atoms with van der Waals surface area (Å²) >= 11 is 0. The number of nitrogens with one attached hydrogen (secondary N) is 1. The van der Waals surface area contributed by atoms with Crippen LogP contribution in [0.5, 0.6) is 0 Å². The minimum atomic E-state index is -4.61. The number of hydrogen-bond donors (Lipinski definition) is 3. The summed E-state index contributed by atoms with van der Waals surface area (Å²) in [7, 11) is 0. The Morgan fingerprint density at radius 2 is 1.78 bits per heavy atom. The van der Waals surface area contributed by atoms with Crippen molar-refractivity contribution >= 4 is 11.8 Å². The van der Waals surface area contributed by atoms with E-state index in [1.54, 1.807) is 0 Å². The van der Waals surface area contributed by atoms with Crippen LogP contribution in [0.4, 0.5) is 22.0 Å². The van der Waals surface area contributed by atoms with Gasteiger partial charge in [-0.1, -0.05) is 6.07 Å². The monoisotopic (exact) mass is 388 g/mol. The molecule has 1 unspecified atom stereocenters. The predicted molar refractivity (Wildman–Crippen MR) is 86.8 cm³/mol. The zero-order valence-electron chi connectivity index (χ0n) is 14.0. The van der Waals surface area contributed by atoms with Crippen LogP contribution >= 0.6 is 0 Å². The number of nitrogens with two attached hydrogens (primary N) is 2. The van der Waals surface area contributed by atoms with Gasteiger partial charge in [0, 0.05) is 18.8 Å². The molecule has 4 rings (SSSR count). The maximum Gasteiger partial charge on any atom is 0.433 e. The van der Waals surface area contributed by atoms with E-state index < -0.39 is 29.0 Å². The second-order valence-corrected chi connectivity index (χ2v) is 7.59. The van der Waals surface area contributed by atoms with Crippen molar-refractivity contribution in [2.45, 2.75) is 43.6 Å². The fourth-order valence-corrected chi connectivity index (χ4v) is 4.22. The van der Waals surface area contributed by atoms with Gasteiger partial charge in [0.15, 0.2) is 11.8 Å². The molecular weight excluding hydrogens is 371 g/mol. The van der Waals surface area contributed by atoms with Crippen LogP contribution < -0.4 is 16.8 Å². The first kappa shape index (κ1) is 18.1. The van der Waals surface area contributed by atoms with Crippen LogP contribution in [0.25, 0.3) is 0 Å². The van der Waals surface area contributed by atoms with E-state index in [0.717, 1.165) is 6.07 Å². The van der Waals surface area contributed by atoms with E-state index >= 15 is 0 Å². The van der Waals surface area contributed by atoms with E-state index in [4.69, 9.17) is 11.5 Å². The molecule has 0 radical (unpaired) electrons. The molecule has 1 spiro atoms. The standard InChI is InChI=1S/C16H17F5N6/c17-14(18)6-13(7-14)4-8(5-13)16(23)26-11(25-12(22)27-16)9-2-1-3-10(24-9)15(19,20)21/h1-3,8H,4-7,23H2,(H3,22,25,26,27). The third kappa shape index (κ3) is 3.13. The second-order valence-electron chi connectivity index (χ2n) is 7.59. The number of rotatable bonds is 2. The van der Waals surface area contributed by atoms with Crippen LogP contribution in [-0.4, -0.2) is 28.5 Å². The van der Waals surface area contributed by atoms with Crippen molar-refractivity contribution in [2.24, 2.45) is 32.8 Å². The van der Waals surface area contributed by atoms with Crippen molar-refractivity contribution in [2.75, 3.05) is 0 Å². The molecule has 0 amide bonds. The van der Waals surface area contributed by atoms with Crippen molar-refractivity contribution in [1.82, 2.24) is 10.3 Å². The molecule has 2 fully saturated rings. The van der Waals surface area contributed by atoms with Crippen molar-refractivity contribution in [3.63, 3.8) is 0 Å². The fraction of sp³-hybridized carbons (Fsp3) is 0.562. The number of amidine groups is 1. The number of alkyl halides is 5. The summed E-state index contributed by atoms with van der Waals surface area (Å²) in [6.07, 6.45) is -4.14. The molecule has 0 saturated heterocycles. The Balaban J connectivity index is 1.58. The van der Waals surface area contributed by atoms with Gasteiger partial charge in [0.2, 0.25) is 11.7 Å². The van der Waals surface area contributed by atoms with Gasteiger partial charge in [-0.3, -0.25) is 5.73 Å². The van der Waals surface area contributed by atoms with Crippen LogP contribution in [0.15, 0.2) is 28.2 Å². The molecule has 1 aromatic heterocycles. The molecule has 11 heteroatoms. The van der Waals surface area contributed by atoms with E-state index in [1.807, 2.05) is 0 Å². The molecule has 3 aliphatic rings. The lowest BCUT2D eigenvalue weighted by molar-refractivity contribution is -0.214. The summed E-state index contributed by atoms with van der Waals surface area (Å²) in [5.41, 5.74) is 10.4. The second kappa shape index (κ2) is 5.37. The molecule has 2 saturated carbocycles. The Labute approximate surface area is 150 Å². The van der Waals surface area contributed by atoms with E-state index in [1.165, 1.54) is 12.1 Å². The summed E-state index contributed by atoms with van der Waals surface area (Å²) in [5, 5.41) is 2.58. The van der Waals surface area contributed by atoms with Crippen molar-refractivity contribution < 1.29 is 22.0 Å². The average Bonchev–Trinajstić information content (AvgIpc) is 2.48. The van der Waals surface area contributed by atoms with Crippen LogP contribution in [0, 0.1) is 11.3 Å². The molecule has 0 bridgehead atoms. The normalized spacial score (nSPS) is 29.3. The zero-order chi connectivity index (χ0) is 19.7. The molecule has 1 aliphatic heterocycles. The summed E-state index contributed by atoms with van der Waals surface area (Å²) in [5.74, 6) is -4.62. The van der Waals surface area contributed by atoms with Crippen molar-refractivity contribution in [1.29, 1.82) is 0 Å². The quantitative estimate of drug-likeness (QED) is 0.676. The third-order valence-electron chi connectivity index (χ3n) is 5.35. The first-order valence-corrected chi connectivity index (χ1v) is 8.33. The first-order valence-electron chi connectivity index (χ1n) is 8.33. The van der Waals surface area contributed by atoms with Gasteiger partial charge < -0.3 is 11.1 Å². The van der Waals surface area contributed by atoms with Crippen LogP contribution in [-0.2, 0) is 6.18 Å². The Kier molecular flexibility index (Phi) is 3.59. The summed E-state index contributed by atoms with van der Waals surface area (Å²) in [4.78, 5) is 11.9. The summed E-state index contributed by atoms with van der Waals surface area (Å²) in [6.45, 7) is 0. The van der Waals surface area contributed by atoms with Crippen LogP contribution in [0.2, 0.25) is 0 Å². The smallest absolute Gasteiger partial charge is 0.370 e. The van der Waals surface area contributed by atoms with Crippen LogP contribution in [0.3, 0.4) is 0 Å². The van der Waals surface area contributed by atoms with Gasteiger partial charge in [-0.2, -0.15) is 13.2 Å². The molecule has 1 atom stereocenters. The Morgan fingerprint density at radius 3 is 2.37 bits per heavy atom. The molecule has 1 aromatic rings. The fourth-order valence-electron chi connectivity index (χ4n) is 4.22. The summed E-state index contributed by atoms with van der Waals surface area (Å²) in [6, 6.07) is 3.38. The zero-order valence-corrected chi connectivity index (χ0v) is 14.0. The molecule has 6 nitrogen and oxygen atoms in total. The number of aliphatic imine (C=N–C) groups is 2. The minimum Gasteiger partial charge on any atom is -0.370 e. The van der Waals surface area contributed by atoms with Crippen molar-refractivity contribution in [3.05, 3.63) is 29.6 Å². The molecule has 27 heavy (non-hydrogen) atoms. The number of aromatic nitrogens is 1. The van der Waals surface area contributed by atoms with Gasteiger partial charge in [0.1, 0.15) is 11.4 Å². The lowest BCUT2D eigenvalue weighted by Crippen LogP contribution is -2.63. The molecule has 146 valence electrons. The highest BCUT2D eigenvalue weighted by atomic mass is 19.4. The SMILES string of the molecule is NC1=NC(N)(C2CC3(C2)CC(F)(F)C3)N=C(c2cccc(C(F)(F)F)n2)N1. The minimum absolute atomic E-state index is 0.0315. The molecular formula is C16H17F5N6. The third-order valence-corrected chi connectivity index (χ3v) is 5.35. The lowest BCUT2D eigenvalue weighted by Gasteiger charge is -2.59. The molecule has 2 aliphatic carbocycles. The number of nitrogens with zero attached hydrogens (tertiary/aromatic N) is 3. The lowest BCUT2D eigenvalue weighted by atomic mass is 9.49. The van der Waals surface area contributed by atoms with Gasteiger partial charge >= 0.3 is 6.18 Å². The van der Waals surface area contributed by atoms with E-state index in [0.29, 0.717) is 12.8 Å². The summed E-state index contributed by atoms with van der Waals surface area (Å²) < 4.78 is 65.0. The van der Waals surface area contributed by atoms with Crippen molar-refractivity contribution in [3.8, 4) is 0 Å². The highest BCUT2D eigenvalue weighted by molar-refractivity contribution is 6.08. The van der Waals surface area contributed by atoms with E-state index in [2.05, 4.69) is 20.3 Å². The maximum atomic E-state index is 13.2. The number of hydrogen-bond acceptors (Lipinski definition) is 6. The Morgan fingerprint density at radius 1 is 1.11 bits per heavy atom. The highest BCUT2D eigenvalue weighted by Crippen LogP contribution is 2.66. The highest BCUT2D eigenvalue weighted by Gasteiger charge is 2.65. The molecule has 5 N–H and O–H groups in total. The molecule has 2 heterocycles. The Hall–Kier alpha value is -2.30. The average molecular weight is 388 g/mol. The van der Waals surface area contributed by atoms with E-state index in [9.17, 15) is 22.0 Å². The number of guanidine groups is 1. The number of pyridine rings is 1. The first-order chi connectivity index (χ1) is 12.4.